The van der Waals surface area contributed by atoms with Crippen molar-refractivity contribution in [3.05, 3.63) is 45.9 Å². The molecule has 3 rings (SSSR count). The number of hydrazone groups is 1. The minimum atomic E-state index is -0.458. The number of benzene rings is 1. The molecule has 0 aliphatic heterocycles. The van der Waals surface area contributed by atoms with Crippen LogP contribution >= 0.6 is 22.9 Å². The van der Waals surface area contributed by atoms with Crippen LogP contribution in [0.2, 0.25) is 4.34 Å². The lowest BCUT2D eigenvalue weighted by atomic mass is 10.2. The van der Waals surface area contributed by atoms with E-state index in [4.69, 9.17) is 25.8 Å². The lowest BCUT2D eigenvalue weighted by molar-refractivity contribution is 0.0950. The summed E-state index contributed by atoms with van der Waals surface area (Å²) in [7, 11) is 4.59. The van der Waals surface area contributed by atoms with E-state index >= 15 is 0 Å². The Hall–Kier alpha value is -3.04. The van der Waals surface area contributed by atoms with Gasteiger partial charge in [-0.25, -0.2) is 5.43 Å². The number of ether oxygens (including phenoxy) is 3. The largest absolute Gasteiger partial charge is 0.496 e. The van der Waals surface area contributed by atoms with E-state index < -0.39 is 5.91 Å². The Labute approximate surface area is 170 Å². The van der Waals surface area contributed by atoms with E-state index in [1.54, 1.807) is 24.3 Å². The molecule has 1 amide bonds. The van der Waals surface area contributed by atoms with Crippen LogP contribution in [0, 0.1) is 0 Å². The van der Waals surface area contributed by atoms with Crippen LogP contribution in [-0.2, 0) is 0 Å². The molecule has 28 heavy (non-hydrogen) atoms. The maximum Gasteiger partial charge on any atom is 0.291 e. The number of H-pyrrole nitrogens is 1. The van der Waals surface area contributed by atoms with E-state index in [0.29, 0.717) is 32.8 Å². The van der Waals surface area contributed by atoms with Gasteiger partial charge in [0.2, 0.25) is 0 Å². The fourth-order valence-electron chi connectivity index (χ4n) is 2.39. The summed E-state index contributed by atoms with van der Waals surface area (Å²) in [6, 6.07) is 8.63. The molecule has 0 fully saturated rings. The van der Waals surface area contributed by atoms with Crippen LogP contribution in [0.5, 0.6) is 17.2 Å². The van der Waals surface area contributed by atoms with E-state index in [1.807, 2.05) is 6.07 Å². The van der Waals surface area contributed by atoms with E-state index in [9.17, 15) is 4.79 Å². The first-order valence-electron chi connectivity index (χ1n) is 8.00. The van der Waals surface area contributed by atoms with Crippen molar-refractivity contribution < 1.29 is 19.0 Å². The third-order valence-corrected chi connectivity index (χ3v) is 5.02. The van der Waals surface area contributed by atoms with E-state index in [-0.39, 0.29) is 5.69 Å². The molecule has 0 bridgehead atoms. The van der Waals surface area contributed by atoms with Crippen LogP contribution in [0.15, 0.2) is 35.4 Å². The first kappa shape index (κ1) is 19.7. The van der Waals surface area contributed by atoms with Gasteiger partial charge >= 0.3 is 0 Å². The number of aromatic amines is 1. The second kappa shape index (κ2) is 8.77. The number of methoxy groups -OCH3 is 3. The molecule has 0 atom stereocenters. The number of nitrogens with one attached hydrogen (secondary N) is 2. The maximum absolute atomic E-state index is 12.3. The van der Waals surface area contributed by atoms with E-state index in [2.05, 4.69) is 20.7 Å². The van der Waals surface area contributed by atoms with Crippen molar-refractivity contribution in [1.29, 1.82) is 0 Å². The Kier molecular flexibility index (Phi) is 6.17. The molecule has 8 nitrogen and oxygen atoms in total. The van der Waals surface area contributed by atoms with Gasteiger partial charge in [-0.3, -0.25) is 9.89 Å². The fraction of sp³-hybridized carbons (Fsp3) is 0.167. The van der Waals surface area contributed by atoms with Crippen LogP contribution in [0.1, 0.15) is 16.1 Å². The molecule has 2 N–H and O–H groups in total. The average Bonchev–Trinajstić information content (AvgIpc) is 3.36. The molecule has 0 spiro atoms. The highest BCUT2D eigenvalue weighted by Crippen LogP contribution is 2.33. The van der Waals surface area contributed by atoms with Crippen LogP contribution in [0.3, 0.4) is 0 Å². The van der Waals surface area contributed by atoms with Gasteiger partial charge in [0, 0.05) is 11.6 Å². The van der Waals surface area contributed by atoms with Gasteiger partial charge in [-0.1, -0.05) is 11.6 Å². The van der Waals surface area contributed by atoms with Crippen molar-refractivity contribution in [2.75, 3.05) is 21.3 Å². The Morgan fingerprint density at radius 2 is 1.86 bits per heavy atom. The molecule has 1 aromatic carbocycles. The van der Waals surface area contributed by atoms with Crippen molar-refractivity contribution >= 4 is 35.1 Å². The molecule has 0 unspecified atom stereocenters. The SMILES string of the molecule is COc1cc(OC)c(OC)cc1/C=N\NC(=O)c1cc(-c2ccc(Cl)s2)[nH]n1. The number of carbonyl (C=O) groups excluding carboxylic acids is 1. The number of aromatic nitrogens is 2. The van der Waals surface area contributed by atoms with Gasteiger partial charge in [0.05, 0.1) is 42.5 Å². The quantitative estimate of drug-likeness (QED) is 0.449. The number of carbonyl (C=O) groups is 1. The molecular weight excluding hydrogens is 404 g/mol. The predicted octanol–water partition coefficient (Wildman–Crippen LogP) is 3.58. The summed E-state index contributed by atoms with van der Waals surface area (Å²) in [6.45, 7) is 0. The minimum absolute atomic E-state index is 0.205. The number of amides is 1. The fourth-order valence-corrected chi connectivity index (χ4v) is 3.40. The van der Waals surface area contributed by atoms with Crippen molar-refractivity contribution in [3.8, 4) is 27.8 Å². The van der Waals surface area contributed by atoms with E-state index in [0.717, 1.165) is 4.88 Å². The second-order valence-corrected chi connectivity index (χ2v) is 7.13. The van der Waals surface area contributed by atoms with Crippen LogP contribution < -0.4 is 19.6 Å². The van der Waals surface area contributed by atoms with Gasteiger partial charge in [-0.2, -0.15) is 10.2 Å². The lowest BCUT2D eigenvalue weighted by Gasteiger charge is -2.11. The molecule has 0 saturated carbocycles. The molecule has 2 aromatic heterocycles. The second-order valence-electron chi connectivity index (χ2n) is 5.42. The Bertz CT molecular complexity index is 1010. The van der Waals surface area contributed by atoms with Crippen LogP contribution in [-0.4, -0.2) is 43.6 Å². The van der Waals surface area contributed by atoms with Crippen molar-refractivity contribution in [3.63, 3.8) is 0 Å². The summed E-state index contributed by atoms with van der Waals surface area (Å²) >= 11 is 7.32. The summed E-state index contributed by atoms with van der Waals surface area (Å²) in [5.74, 6) is 1.11. The van der Waals surface area contributed by atoms with Gasteiger partial charge in [-0.15, -0.1) is 11.3 Å². The van der Waals surface area contributed by atoms with Gasteiger partial charge < -0.3 is 14.2 Å². The third kappa shape index (κ3) is 4.26. The summed E-state index contributed by atoms with van der Waals surface area (Å²) in [5.41, 5.74) is 3.95. The number of thiophene rings is 1. The number of hydrogen-bond acceptors (Lipinski definition) is 7. The average molecular weight is 421 g/mol. The number of halogens is 1. The Balaban J connectivity index is 1.72. The highest BCUT2D eigenvalue weighted by Gasteiger charge is 2.13. The molecule has 3 aromatic rings. The highest BCUT2D eigenvalue weighted by molar-refractivity contribution is 7.19. The number of nitrogens with zero attached hydrogens (tertiary/aromatic N) is 2. The zero-order valence-corrected chi connectivity index (χ0v) is 16.9. The lowest BCUT2D eigenvalue weighted by Crippen LogP contribution is -2.18. The summed E-state index contributed by atoms with van der Waals surface area (Å²) in [4.78, 5) is 13.1. The van der Waals surface area contributed by atoms with E-state index in [1.165, 1.54) is 38.9 Å². The minimum Gasteiger partial charge on any atom is -0.496 e. The topological polar surface area (TPSA) is 97.8 Å². The molecule has 0 aliphatic rings. The monoisotopic (exact) mass is 420 g/mol. The Morgan fingerprint density at radius 1 is 1.14 bits per heavy atom. The molecule has 146 valence electrons. The van der Waals surface area contributed by atoms with Crippen molar-refractivity contribution in [2.45, 2.75) is 0 Å². The molecule has 0 aliphatic carbocycles. The van der Waals surface area contributed by atoms with Gasteiger partial charge in [0.1, 0.15) is 5.75 Å². The molecule has 2 heterocycles. The maximum atomic E-state index is 12.3. The molecule has 10 heteroatoms. The normalized spacial score (nSPS) is 10.9. The molecule has 0 radical (unpaired) electrons. The van der Waals surface area contributed by atoms with Crippen LogP contribution in [0.4, 0.5) is 0 Å². The smallest absolute Gasteiger partial charge is 0.291 e. The predicted molar refractivity (Wildman–Crippen MR) is 108 cm³/mol. The van der Waals surface area contributed by atoms with Gasteiger partial charge in [-0.05, 0) is 24.3 Å². The van der Waals surface area contributed by atoms with Gasteiger partial charge in [0.25, 0.3) is 5.91 Å². The van der Waals surface area contributed by atoms with Gasteiger partial charge in [0.15, 0.2) is 17.2 Å². The van der Waals surface area contributed by atoms with Crippen LogP contribution in [0.25, 0.3) is 10.6 Å². The third-order valence-electron chi connectivity index (χ3n) is 3.75. The Morgan fingerprint density at radius 3 is 2.50 bits per heavy atom. The highest BCUT2D eigenvalue weighted by atomic mass is 35.5. The summed E-state index contributed by atoms with van der Waals surface area (Å²) in [5, 5.41) is 10.8. The molecule has 0 saturated heterocycles. The van der Waals surface area contributed by atoms with Crippen molar-refractivity contribution in [1.82, 2.24) is 15.6 Å². The standard InChI is InChI=1S/C18H17ClN4O4S/c1-25-13-8-15(27-3)14(26-2)6-10(13)9-20-23-18(24)12-7-11(21-22-12)16-4-5-17(19)28-16/h4-9H,1-3H3,(H,21,22)(H,23,24)/b20-9-. The zero-order chi connectivity index (χ0) is 20.1. The first-order chi connectivity index (χ1) is 13.5. The summed E-state index contributed by atoms with van der Waals surface area (Å²) in [6.07, 6.45) is 1.45. The zero-order valence-electron chi connectivity index (χ0n) is 15.3. The number of rotatable bonds is 7. The number of hydrogen-bond donors (Lipinski definition) is 2. The first-order valence-corrected chi connectivity index (χ1v) is 9.19. The van der Waals surface area contributed by atoms with Crippen molar-refractivity contribution in [2.24, 2.45) is 5.10 Å². The molecular formula is C18H17ClN4O4S. The summed E-state index contributed by atoms with van der Waals surface area (Å²) < 4.78 is 16.5.